The summed E-state index contributed by atoms with van der Waals surface area (Å²) in [6.45, 7) is 4.48. The van der Waals surface area contributed by atoms with Gasteiger partial charge in [0.2, 0.25) is 5.91 Å². The van der Waals surface area contributed by atoms with Crippen molar-refractivity contribution in [1.29, 1.82) is 0 Å². The van der Waals surface area contributed by atoms with Crippen molar-refractivity contribution in [2.45, 2.75) is 38.8 Å². The summed E-state index contributed by atoms with van der Waals surface area (Å²) in [5.41, 5.74) is 3.82. The molecule has 0 aliphatic carbocycles. The molecular weight excluding hydrogens is 214 g/mol. The van der Waals surface area contributed by atoms with Crippen LogP contribution in [0.5, 0.6) is 0 Å². The highest BCUT2D eigenvalue weighted by Crippen LogP contribution is 2.00. The highest BCUT2D eigenvalue weighted by molar-refractivity contribution is 5.90. The Morgan fingerprint density at radius 2 is 1.88 bits per heavy atom. The lowest BCUT2D eigenvalue weighted by molar-refractivity contribution is -0.139. The van der Waals surface area contributed by atoms with Gasteiger partial charge in [-0.05, 0) is 20.3 Å². The number of carboxylic acid groups (broad SMARTS) is 1. The van der Waals surface area contributed by atoms with Gasteiger partial charge in [0, 0.05) is 0 Å². The minimum atomic E-state index is -1.22. The van der Waals surface area contributed by atoms with E-state index in [1.807, 2.05) is 0 Å². The molecule has 0 bridgehead atoms. The number of primary amides is 1. The van der Waals surface area contributed by atoms with Crippen molar-refractivity contribution in [3.63, 3.8) is 0 Å². The molecule has 0 fully saturated rings. The fourth-order valence-electron chi connectivity index (χ4n) is 0.878. The van der Waals surface area contributed by atoms with E-state index >= 15 is 0 Å². The molecule has 0 aromatic heterocycles. The Bertz CT molecular complexity index is 301. The van der Waals surface area contributed by atoms with E-state index in [0.717, 1.165) is 0 Å². The molecule has 0 aromatic carbocycles. The molecule has 0 rings (SSSR count). The molecule has 0 spiro atoms. The number of amides is 3. The zero-order chi connectivity index (χ0) is 12.9. The zero-order valence-electron chi connectivity index (χ0n) is 9.53. The van der Waals surface area contributed by atoms with Crippen molar-refractivity contribution in [2.24, 2.45) is 5.73 Å². The van der Waals surface area contributed by atoms with E-state index < -0.39 is 29.5 Å². The Morgan fingerprint density at radius 3 is 2.19 bits per heavy atom. The van der Waals surface area contributed by atoms with Crippen LogP contribution in [0.2, 0.25) is 0 Å². The van der Waals surface area contributed by atoms with Crippen molar-refractivity contribution in [2.75, 3.05) is 0 Å². The van der Waals surface area contributed by atoms with Gasteiger partial charge >= 0.3 is 12.0 Å². The van der Waals surface area contributed by atoms with E-state index in [2.05, 4.69) is 10.6 Å². The molecule has 0 aliphatic rings. The molecule has 0 heterocycles. The second-order valence-corrected chi connectivity index (χ2v) is 3.89. The summed E-state index contributed by atoms with van der Waals surface area (Å²) < 4.78 is 0. The quantitative estimate of drug-likeness (QED) is 0.505. The average molecular weight is 231 g/mol. The molecule has 1 atom stereocenters. The maximum absolute atomic E-state index is 11.3. The predicted octanol–water partition coefficient (Wildman–Crippen LogP) is -0.587. The third kappa shape index (κ3) is 4.16. The molecule has 16 heavy (non-hydrogen) atoms. The number of hydrogen-bond acceptors (Lipinski definition) is 3. The van der Waals surface area contributed by atoms with Crippen molar-refractivity contribution in [3.05, 3.63) is 0 Å². The Hall–Kier alpha value is -1.79. The van der Waals surface area contributed by atoms with Crippen LogP contribution in [0.15, 0.2) is 0 Å². The Labute approximate surface area is 93.4 Å². The number of aliphatic carboxylic acids is 1. The van der Waals surface area contributed by atoms with Crippen LogP contribution in [0.3, 0.4) is 0 Å². The van der Waals surface area contributed by atoms with Gasteiger partial charge in [-0.15, -0.1) is 0 Å². The summed E-state index contributed by atoms with van der Waals surface area (Å²) in [7, 11) is 0. The lowest BCUT2D eigenvalue weighted by Crippen LogP contribution is -2.57. The summed E-state index contributed by atoms with van der Waals surface area (Å²) >= 11 is 0. The summed E-state index contributed by atoms with van der Waals surface area (Å²) in [5.74, 6) is -1.83. The smallest absolute Gasteiger partial charge is 0.326 e. The first-order chi connectivity index (χ1) is 7.20. The number of urea groups is 1. The number of carbonyl (C=O) groups is 3. The summed E-state index contributed by atoms with van der Waals surface area (Å²) in [6, 6.07) is -1.72. The van der Waals surface area contributed by atoms with Gasteiger partial charge in [-0.2, -0.15) is 0 Å². The Kier molecular flexibility index (Phi) is 4.74. The average Bonchev–Trinajstić information content (AvgIpc) is 2.12. The first kappa shape index (κ1) is 14.2. The van der Waals surface area contributed by atoms with Crippen molar-refractivity contribution >= 4 is 17.9 Å². The number of nitrogens with two attached hydrogens (primary N) is 1. The van der Waals surface area contributed by atoms with Gasteiger partial charge in [0.25, 0.3) is 0 Å². The monoisotopic (exact) mass is 231 g/mol. The highest BCUT2D eigenvalue weighted by atomic mass is 16.4. The number of hydrogen-bond donors (Lipinski definition) is 4. The second kappa shape index (κ2) is 5.34. The maximum Gasteiger partial charge on any atom is 0.326 e. The third-order valence-corrected chi connectivity index (χ3v) is 2.05. The van der Waals surface area contributed by atoms with Crippen molar-refractivity contribution < 1.29 is 19.5 Å². The number of carboxylic acids is 1. The minimum absolute atomic E-state index is 0.250. The van der Waals surface area contributed by atoms with Gasteiger partial charge in [-0.1, -0.05) is 6.92 Å². The van der Waals surface area contributed by atoms with Crippen LogP contribution in [0.1, 0.15) is 27.2 Å². The van der Waals surface area contributed by atoms with Gasteiger partial charge in [0.05, 0.1) is 0 Å². The van der Waals surface area contributed by atoms with E-state index in [1.165, 1.54) is 13.8 Å². The Balaban J connectivity index is 4.38. The molecule has 5 N–H and O–H groups in total. The zero-order valence-corrected chi connectivity index (χ0v) is 9.53. The summed E-state index contributed by atoms with van der Waals surface area (Å²) in [6.07, 6.45) is 0.250. The van der Waals surface area contributed by atoms with Crippen molar-refractivity contribution in [1.82, 2.24) is 10.6 Å². The molecule has 0 unspecified atom stereocenters. The standard InChI is InChI=1S/C9H17N3O4/c1-4-5(6(13)14)11-8(16)12-9(2,3)7(10)15/h5H,4H2,1-3H3,(H2,10,15)(H,13,14)(H2,11,12,16)/t5-/m0/s1. The topological polar surface area (TPSA) is 122 Å². The van der Waals surface area contributed by atoms with Gasteiger partial charge in [0.1, 0.15) is 11.6 Å². The predicted molar refractivity (Wildman–Crippen MR) is 56.7 cm³/mol. The van der Waals surface area contributed by atoms with E-state index in [4.69, 9.17) is 10.8 Å². The van der Waals surface area contributed by atoms with Crippen LogP contribution in [-0.4, -0.2) is 34.6 Å². The van der Waals surface area contributed by atoms with Crippen LogP contribution >= 0.6 is 0 Å². The largest absolute Gasteiger partial charge is 0.480 e. The number of nitrogens with one attached hydrogen (secondary N) is 2. The van der Waals surface area contributed by atoms with Gasteiger partial charge in [-0.25, -0.2) is 9.59 Å². The fraction of sp³-hybridized carbons (Fsp3) is 0.667. The molecule has 0 saturated heterocycles. The molecular formula is C9H17N3O4. The van der Waals surface area contributed by atoms with Gasteiger partial charge in [0.15, 0.2) is 0 Å². The lowest BCUT2D eigenvalue weighted by atomic mass is 10.1. The first-order valence-electron chi connectivity index (χ1n) is 4.82. The molecule has 3 amide bonds. The highest BCUT2D eigenvalue weighted by Gasteiger charge is 2.28. The molecule has 92 valence electrons. The molecule has 0 aliphatic heterocycles. The van der Waals surface area contributed by atoms with Crippen LogP contribution in [-0.2, 0) is 9.59 Å². The van der Waals surface area contributed by atoms with Gasteiger partial charge < -0.3 is 21.5 Å². The van der Waals surface area contributed by atoms with E-state index in [-0.39, 0.29) is 6.42 Å². The van der Waals surface area contributed by atoms with E-state index in [0.29, 0.717) is 0 Å². The van der Waals surface area contributed by atoms with Crippen LogP contribution in [0, 0.1) is 0 Å². The van der Waals surface area contributed by atoms with Crippen LogP contribution in [0.25, 0.3) is 0 Å². The number of carbonyl (C=O) groups excluding carboxylic acids is 2. The van der Waals surface area contributed by atoms with E-state index in [1.54, 1.807) is 6.92 Å². The molecule has 7 heteroatoms. The molecule has 0 radical (unpaired) electrons. The fourth-order valence-corrected chi connectivity index (χ4v) is 0.878. The Morgan fingerprint density at radius 1 is 1.38 bits per heavy atom. The van der Waals surface area contributed by atoms with Crippen molar-refractivity contribution in [3.8, 4) is 0 Å². The third-order valence-electron chi connectivity index (χ3n) is 2.05. The molecule has 0 aromatic rings. The first-order valence-corrected chi connectivity index (χ1v) is 4.82. The van der Waals surface area contributed by atoms with E-state index in [9.17, 15) is 14.4 Å². The van der Waals surface area contributed by atoms with Gasteiger partial charge in [-0.3, -0.25) is 4.79 Å². The van der Waals surface area contributed by atoms with Crippen LogP contribution in [0.4, 0.5) is 4.79 Å². The maximum atomic E-state index is 11.3. The second-order valence-electron chi connectivity index (χ2n) is 3.89. The SMILES string of the molecule is CC[C@H](NC(=O)NC(C)(C)C(N)=O)C(=O)O. The summed E-state index contributed by atoms with van der Waals surface area (Å²) in [4.78, 5) is 32.9. The normalized spacial score (nSPS) is 12.7. The van der Waals surface area contributed by atoms with Crippen LogP contribution < -0.4 is 16.4 Å². The molecule has 7 nitrogen and oxygen atoms in total. The minimum Gasteiger partial charge on any atom is -0.480 e. The number of rotatable bonds is 5. The lowest BCUT2D eigenvalue weighted by Gasteiger charge is -2.23. The molecule has 0 saturated carbocycles. The summed E-state index contributed by atoms with van der Waals surface area (Å²) in [5, 5.41) is 13.2.